The summed E-state index contributed by atoms with van der Waals surface area (Å²) in [5, 5.41) is 4.60. The van der Waals surface area contributed by atoms with E-state index < -0.39 is 0 Å². The fourth-order valence-corrected chi connectivity index (χ4v) is 2.44. The number of rotatable bonds is 5. The Bertz CT molecular complexity index is 794. The molecule has 0 amide bonds. The molecule has 0 aliphatic heterocycles. The Labute approximate surface area is 135 Å². The molecule has 0 saturated heterocycles. The number of aromatic nitrogens is 2. The minimum atomic E-state index is 0.389. The van der Waals surface area contributed by atoms with Crippen LogP contribution in [0.5, 0.6) is 11.5 Å². The standard InChI is InChI=1S/C18H19N3O2/c1-22-16-8-6-15(7-9-16)21-18(11-14(12-19)20-21)13-4-3-5-17(10-13)23-2/h3-11H,12,19H2,1-2H3. The van der Waals surface area contributed by atoms with Crippen LogP contribution in [0.1, 0.15) is 5.69 Å². The first-order chi connectivity index (χ1) is 11.2. The molecule has 3 rings (SSSR count). The van der Waals surface area contributed by atoms with Crippen molar-refractivity contribution in [1.82, 2.24) is 9.78 Å². The smallest absolute Gasteiger partial charge is 0.119 e. The molecule has 1 aromatic heterocycles. The lowest BCUT2D eigenvalue weighted by atomic mass is 10.1. The van der Waals surface area contributed by atoms with E-state index in [1.165, 1.54) is 0 Å². The van der Waals surface area contributed by atoms with Crippen molar-refractivity contribution in [3.63, 3.8) is 0 Å². The molecule has 0 saturated carbocycles. The number of methoxy groups -OCH3 is 2. The highest BCUT2D eigenvalue weighted by molar-refractivity contribution is 5.64. The summed E-state index contributed by atoms with van der Waals surface area (Å²) in [7, 11) is 3.31. The van der Waals surface area contributed by atoms with Gasteiger partial charge in [-0.05, 0) is 42.5 Å². The topological polar surface area (TPSA) is 62.3 Å². The van der Waals surface area contributed by atoms with Gasteiger partial charge in [0.2, 0.25) is 0 Å². The van der Waals surface area contributed by atoms with Crippen molar-refractivity contribution in [1.29, 1.82) is 0 Å². The third kappa shape index (κ3) is 3.05. The molecule has 5 nitrogen and oxygen atoms in total. The van der Waals surface area contributed by atoms with Crippen LogP contribution < -0.4 is 15.2 Å². The number of benzene rings is 2. The van der Waals surface area contributed by atoms with Crippen LogP contribution in [0.2, 0.25) is 0 Å². The van der Waals surface area contributed by atoms with Crippen LogP contribution in [0, 0.1) is 0 Å². The number of ether oxygens (including phenoxy) is 2. The average molecular weight is 309 g/mol. The van der Waals surface area contributed by atoms with Gasteiger partial charge in [-0.1, -0.05) is 12.1 Å². The van der Waals surface area contributed by atoms with Crippen LogP contribution in [0.15, 0.2) is 54.6 Å². The first kappa shape index (κ1) is 15.1. The predicted octanol–water partition coefficient (Wildman–Crippen LogP) is 3.02. The lowest BCUT2D eigenvalue weighted by Gasteiger charge is -2.09. The summed E-state index contributed by atoms with van der Waals surface area (Å²) in [4.78, 5) is 0. The summed E-state index contributed by atoms with van der Waals surface area (Å²) in [6.07, 6.45) is 0. The van der Waals surface area contributed by atoms with E-state index in [9.17, 15) is 0 Å². The maximum atomic E-state index is 5.77. The number of nitrogens with two attached hydrogens (primary N) is 1. The van der Waals surface area contributed by atoms with Crippen molar-refractivity contribution in [3.8, 4) is 28.4 Å². The van der Waals surface area contributed by atoms with Gasteiger partial charge in [-0.2, -0.15) is 5.10 Å². The third-order valence-electron chi connectivity index (χ3n) is 3.65. The van der Waals surface area contributed by atoms with Crippen molar-refractivity contribution < 1.29 is 9.47 Å². The minimum Gasteiger partial charge on any atom is -0.497 e. The summed E-state index contributed by atoms with van der Waals surface area (Å²) in [5.41, 5.74) is 9.54. The molecule has 2 aromatic carbocycles. The lowest BCUT2D eigenvalue weighted by molar-refractivity contribution is 0.414. The van der Waals surface area contributed by atoms with Crippen LogP contribution in [-0.2, 0) is 6.54 Å². The molecule has 0 radical (unpaired) electrons. The Morgan fingerprint density at radius 2 is 1.70 bits per heavy atom. The van der Waals surface area contributed by atoms with Crippen LogP contribution in [0.4, 0.5) is 0 Å². The van der Waals surface area contributed by atoms with E-state index in [2.05, 4.69) is 5.10 Å². The van der Waals surface area contributed by atoms with E-state index in [4.69, 9.17) is 15.2 Å². The predicted molar refractivity (Wildman–Crippen MR) is 90.0 cm³/mol. The Morgan fingerprint density at radius 1 is 0.957 bits per heavy atom. The second-order valence-electron chi connectivity index (χ2n) is 5.07. The summed E-state index contributed by atoms with van der Waals surface area (Å²) in [6.45, 7) is 0.389. The zero-order chi connectivity index (χ0) is 16.2. The minimum absolute atomic E-state index is 0.389. The van der Waals surface area contributed by atoms with Gasteiger partial charge in [-0.15, -0.1) is 0 Å². The van der Waals surface area contributed by atoms with E-state index in [1.807, 2.05) is 59.3 Å². The van der Waals surface area contributed by atoms with Crippen LogP contribution >= 0.6 is 0 Å². The van der Waals surface area contributed by atoms with E-state index in [1.54, 1.807) is 14.2 Å². The molecule has 0 aliphatic rings. The van der Waals surface area contributed by atoms with E-state index in [0.29, 0.717) is 6.54 Å². The first-order valence-corrected chi connectivity index (χ1v) is 7.33. The van der Waals surface area contributed by atoms with Crippen molar-refractivity contribution in [2.45, 2.75) is 6.54 Å². The van der Waals surface area contributed by atoms with Gasteiger partial charge in [0.25, 0.3) is 0 Å². The van der Waals surface area contributed by atoms with Gasteiger partial charge in [0.15, 0.2) is 0 Å². The van der Waals surface area contributed by atoms with Crippen LogP contribution in [-0.4, -0.2) is 24.0 Å². The van der Waals surface area contributed by atoms with Crippen molar-refractivity contribution in [3.05, 3.63) is 60.3 Å². The SMILES string of the molecule is COc1ccc(-n2nc(CN)cc2-c2cccc(OC)c2)cc1. The monoisotopic (exact) mass is 309 g/mol. The molecule has 0 bridgehead atoms. The highest BCUT2D eigenvalue weighted by atomic mass is 16.5. The molecule has 118 valence electrons. The van der Waals surface area contributed by atoms with Crippen LogP contribution in [0.25, 0.3) is 16.9 Å². The molecular formula is C18H19N3O2. The normalized spacial score (nSPS) is 10.6. The second kappa shape index (κ2) is 6.54. The van der Waals surface area contributed by atoms with Gasteiger partial charge < -0.3 is 15.2 Å². The quantitative estimate of drug-likeness (QED) is 0.787. The Kier molecular flexibility index (Phi) is 4.30. The first-order valence-electron chi connectivity index (χ1n) is 7.33. The Balaban J connectivity index is 2.10. The van der Waals surface area contributed by atoms with Gasteiger partial charge in [-0.25, -0.2) is 4.68 Å². The fraction of sp³-hybridized carbons (Fsp3) is 0.167. The van der Waals surface area contributed by atoms with E-state index >= 15 is 0 Å². The van der Waals surface area contributed by atoms with Gasteiger partial charge in [0, 0.05) is 12.1 Å². The van der Waals surface area contributed by atoms with Crippen LogP contribution in [0.3, 0.4) is 0 Å². The molecule has 0 aliphatic carbocycles. The summed E-state index contributed by atoms with van der Waals surface area (Å²) in [6, 6.07) is 17.6. The third-order valence-corrected chi connectivity index (χ3v) is 3.65. The van der Waals surface area contributed by atoms with Gasteiger partial charge in [-0.3, -0.25) is 0 Å². The second-order valence-corrected chi connectivity index (χ2v) is 5.07. The average Bonchev–Trinajstić information content (AvgIpc) is 3.06. The number of nitrogens with zero attached hydrogens (tertiary/aromatic N) is 2. The molecule has 3 aromatic rings. The fourth-order valence-electron chi connectivity index (χ4n) is 2.44. The Hall–Kier alpha value is -2.79. The largest absolute Gasteiger partial charge is 0.497 e. The van der Waals surface area contributed by atoms with Crippen molar-refractivity contribution in [2.75, 3.05) is 14.2 Å². The summed E-state index contributed by atoms with van der Waals surface area (Å²) in [5.74, 6) is 1.61. The molecule has 1 heterocycles. The maximum absolute atomic E-state index is 5.77. The molecule has 0 fully saturated rings. The van der Waals surface area contributed by atoms with E-state index in [-0.39, 0.29) is 0 Å². The highest BCUT2D eigenvalue weighted by Gasteiger charge is 2.12. The lowest BCUT2D eigenvalue weighted by Crippen LogP contribution is -2.02. The zero-order valence-electron chi connectivity index (χ0n) is 13.2. The van der Waals surface area contributed by atoms with Gasteiger partial charge in [0.1, 0.15) is 11.5 Å². The van der Waals surface area contributed by atoms with Crippen molar-refractivity contribution >= 4 is 0 Å². The van der Waals surface area contributed by atoms with Gasteiger partial charge in [0.05, 0.1) is 31.3 Å². The molecule has 23 heavy (non-hydrogen) atoms. The molecule has 0 unspecified atom stereocenters. The summed E-state index contributed by atoms with van der Waals surface area (Å²) >= 11 is 0. The maximum Gasteiger partial charge on any atom is 0.119 e. The van der Waals surface area contributed by atoms with Gasteiger partial charge >= 0.3 is 0 Å². The zero-order valence-corrected chi connectivity index (χ0v) is 13.2. The Morgan fingerprint density at radius 3 is 2.35 bits per heavy atom. The highest BCUT2D eigenvalue weighted by Crippen LogP contribution is 2.27. The molecular weight excluding hydrogens is 290 g/mol. The van der Waals surface area contributed by atoms with Crippen molar-refractivity contribution in [2.24, 2.45) is 5.73 Å². The molecule has 0 atom stereocenters. The molecule has 2 N–H and O–H groups in total. The van der Waals surface area contributed by atoms with E-state index in [0.717, 1.165) is 34.1 Å². The molecule has 5 heteroatoms. The molecule has 0 spiro atoms. The number of hydrogen-bond donors (Lipinski definition) is 1. The summed E-state index contributed by atoms with van der Waals surface area (Å²) < 4.78 is 12.4. The number of hydrogen-bond acceptors (Lipinski definition) is 4.